The van der Waals surface area contributed by atoms with Crippen molar-refractivity contribution in [1.29, 1.82) is 0 Å². The highest BCUT2D eigenvalue weighted by molar-refractivity contribution is 7.08. The monoisotopic (exact) mass is 275 g/mol. The van der Waals surface area contributed by atoms with E-state index in [0.717, 1.165) is 5.56 Å². The van der Waals surface area contributed by atoms with E-state index in [9.17, 15) is 4.79 Å². The number of hydrogen-bond acceptors (Lipinski definition) is 6. The normalized spacial score (nSPS) is 10.5. The number of thiophene rings is 1. The Labute approximate surface area is 112 Å². The molecule has 0 fully saturated rings. The molecule has 3 aromatic heterocycles. The average Bonchev–Trinajstić information content (AvgIpc) is 3.14. The molecule has 96 valence electrons. The summed E-state index contributed by atoms with van der Waals surface area (Å²) < 4.78 is 10.1. The maximum Gasteiger partial charge on any atom is 0.355 e. The lowest BCUT2D eigenvalue weighted by Crippen LogP contribution is -2.05. The van der Waals surface area contributed by atoms with Crippen LogP contribution in [-0.2, 0) is 11.3 Å². The minimum Gasteiger partial charge on any atom is -0.451 e. The summed E-state index contributed by atoms with van der Waals surface area (Å²) in [6, 6.07) is 5.25. The van der Waals surface area contributed by atoms with Crippen LogP contribution in [0.15, 0.2) is 39.7 Å². The zero-order valence-corrected chi connectivity index (χ0v) is 10.5. The molecule has 0 saturated carbocycles. The van der Waals surface area contributed by atoms with Crippen LogP contribution in [0.3, 0.4) is 0 Å². The molecule has 0 amide bonds. The first-order chi connectivity index (χ1) is 9.33. The van der Waals surface area contributed by atoms with Crippen molar-refractivity contribution >= 4 is 17.3 Å². The van der Waals surface area contributed by atoms with Gasteiger partial charge in [-0.1, -0.05) is 5.16 Å². The molecule has 0 radical (unpaired) electrons. The summed E-state index contributed by atoms with van der Waals surface area (Å²) >= 11 is 1.55. The highest BCUT2D eigenvalue weighted by atomic mass is 32.1. The molecule has 3 aromatic rings. The molecule has 19 heavy (non-hydrogen) atoms. The van der Waals surface area contributed by atoms with E-state index in [-0.39, 0.29) is 12.5 Å². The second-order valence-electron chi connectivity index (χ2n) is 3.68. The van der Waals surface area contributed by atoms with Crippen molar-refractivity contribution in [2.45, 2.75) is 6.61 Å². The first-order valence-corrected chi connectivity index (χ1v) is 6.43. The molecule has 0 aliphatic heterocycles. The van der Waals surface area contributed by atoms with Gasteiger partial charge in [-0.25, -0.2) is 4.79 Å². The van der Waals surface area contributed by atoms with E-state index in [0.29, 0.717) is 11.5 Å². The summed E-state index contributed by atoms with van der Waals surface area (Å²) in [5.41, 5.74) is 1.27. The zero-order valence-electron chi connectivity index (χ0n) is 9.70. The summed E-state index contributed by atoms with van der Waals surface area (Å²) in [6.45, 7) is -0.0466. The molecule has 3 heterocycles. The molecule has 0 aliphatic carbocycles. The van der Waals surface area contributed by atoms with Crippen molar-refractivity contribution in [2.24, 2.45) is 0 Å². The number of nitrogens with one attached hydrogen (secondary N) is 1. The van der Waals surface area contributed by atoms with Gasteiger partial charge in [-0.05, 0) is 23.6 Å². The number of hydrogen-bond donors (Lipinski definition) is 1. The van der Waals surface area contributed by atoms with Gasteiger partial charge in [0.25, 0.3) is 5.89 Å². The van der Waals surface area contributed by atoms with E-state index in [2.05, 4.69) is 15.1 Å². The fourth-order valence-corrected chi connectivity index (χ4v) is 2.12. The van der Waals surface area contributed by atoms with Gasteiger partial charge in [0, 0.05) is 17.1 Å². The zero-order chi connectivity index (χ0) is 13.1. The SMILES string of the molecule is O=C(OCc1nc(-c2ccsc2)no1)c1ccc[nH]1. The van der Waals surface area contributed by atoms with Crippen molar-refractivity contribution in [3.63, 3.8) is 0 Å². The summed E-state index contributed by atoms with van der Waals surface area (Å²) in [6.07, 6.45) is 1.65. The fourth-order valence-electron chi connectivity index (χ4n) is 1.48. The first kappa shape index (κ1) is 11.7. The Morgan fingerprint density at radius 3 is 3.16 bits per heavy atom. The molecule has 3 rings (SSSR count). The molecule has 0 aromatic carbocycles. The van der Waals surface area contributed by atoms with E-state index in [1.165, 1.54) is 0 Å². The van der Waals surface area contributed by atoms with E-state index in [1.807, 2.05) is 16.8 Å². The van der Waals surface area contributed by atoms with E-state index in [4.69, 9.17) is 9.26 Å². The molecular weight excluding hydrogens is 266 g/mol. The number of nitrogens with zero attached hydrogens (tertiary/aromatic N) is 2. The largest absolute Gasteiger partial charge is 0.451 e. The number of rotatable bonds is 4. The number of ether oxygens (including phenoxy) is 1. The van der Waals surface area contributed by atoms with Crippen LogP contribution >= 0.6 is 11.3 Å². The van der Waals surface area contributed by atoms with Crippen LogP contribution in [0.2, 0.25) is 0 Å². The summed E-state index contributed by atoms with van der Waals surface area (Å²) in [7, 11) is 0. The van der Waals surface area contributed by atoms with E-state index in [1.54, 1.807) is 29.7 Å². The predicted molar refractivity (Wildman–Crippen MR) is 67.5 cm³/mol. The fraction of sp³-hybridized carbons (Fsp3) is 0.0833. The van der Waals surface area contributed by atoms with Crippen molar-refractivity contribution in [2.75, 3.05) is 0 Å². The predicted octanol–water partition coefficient (Wildman–Crippen LogP) is 2.48. The van der Waals surface area contributed by atoms with Crippen LogP contribution in [0.5, 0.6) is 0 Å². The number of aromatic amines is 1. The molecule has 0 unspecified atom stereocenters. The number of aromatic nitrogens is 3. The van der Waals surface area contributed by atoms with Crippen LogP contribution in [-0.4, -0.2) is 21.1 Å². The quantitative estimate of drug-likeness (QED) is 0.740. The second-order valence-corrected chi connectivity index (χ2v) is 4.46. The minimum absolute atomic E-state index is 0.0466. The van der Waals surface area contributed by atoms with Gasteiger partial charge in [0.05, 0.1) is 0 Å². The van der Waals surface area contributed by atoms with Gasteiger partial charge in [-0.3, -0.25) is 0 Å². The van der Waals surface area contributed by atoms with Crippen molar-refractivity contribution in [3.05, 3.63) is 46.7 Å². The summed E-state index contributed by atoms with van der Waals surface area (Å²) in [5, 5.41) is 7.66. The second kappa shape index (κ2) is 5.07. The van der Waals surface area contributed by atoms with Crippen LogP contribution in [0.25, 0.3) is 11.4 Å². The van der Waals surface area contributed by atoms with E-state index >= 15 is 0 Å². The summed E-state index contributed by atoms with van der Waals surface area (Å²) in [4.78, 5) is 18.5. The Balaban J connectivity index is 1.63. The van der Waals surface area contributed by atoms with Crippen molar-refractivity contribution < 1.29 is 14.1 Å². The number of H-pyrrole nitrogens is 1. The lowest BCUT2D eigenvalue weighted by atomic mass is 10.3. The molecule has 1 N–H and O–H groups in total. The van der Waals surface area contributed by atoms with Gasteiger partial charge in [-0.15, -0.1) is 0 Å². The van der Waals surface area contributed by atoms with Gasteiger partial charge in [-0.2, -0.15) is 16.3 Å². The van der Waals surface area contributed by atoms with Crippen molar-refractivity contribution in [3.8, 4) is 11.4 Å². The maximum absolute atomic E-state index is 11.6. The van der Waals surface area contributed by atoms with Gasteiger partial charge >= 0.3 is 5.97 Å². The Bertz CT molecular complexity index is 658. The molecule has 0 saturated heterocycles. The average molecular weight is 275 g/mol. The van der Waals surface area contributed by atoms with Crippen LogP contribution in [0.4, 0.5) is 0 Å². The topological polar surface area (TPSA) is 81.0 Å². The molecule has 0 aliphatic rings. The van der Waals surface area contributed by atoms with Crippen LogP contribution in [0.1, 0.15) is 16.4 Å². The van der Waals surface area contributed by atoms with Crippen molar-refractivity contribution in [1.82, 2.24) is 15.1 Å². The summed E-state index contributed by atoms with van der Waals surface area (Å²) in [5.74, 6) is 0.300. The Hall–Kier alpha value is -2.41. The third kappa shape index (κ3) is 2.55. The smallest absolute Gasteiger partial charge is 0.355 e. The Morgan fingerprint density at radius 2 is 2.42 bits per heavy atom. The number of carbonyl (C=O) groups is 1. The van der Waals surface area contributed by atoms with Gasteiger partial charge in [0.2, 0.25) is 5.82 Å². The van der Waals surface area contributed by atoms with Gasteiger partial charge < -0.3 is 14.2 Å². The molecule has 7 heteroatoms. The van der Waals surface area contributed by atoms with E-state index < -0.39 is 5.97 Å². The minimum atomic E-state index is -0.458. The Kier molecular flexibility index (Phi) is 3.11. The Morgan fingerprint density at radius 1 is 1.47 bits per heavy atom. The lowest BCUT2D eigenvalue weighted by Gasteiger charge is -1.98. The highest BCUT2D eigenvalue weighted by Crippen LogP contribution is 2.18. The first-order valence-electron chi connectivity index (χ1n) is 5.48. The third-order valence-corrected chi connectivity index (χ3v) is 3.08. The maximum atomic E-state index is 11.6. The highest BCUT2D eigenvalue weighted by Gasteiger charge is 2.12. The van der Waals surface area contributed by atoms with Crippen LogP contribution < -0.4 is 0 Å². The lowest BCUT2D eigenvalue weighted by molar-refractivity contribution is 0.0423. The standard InChI is InChI=1S/C12H9N3O3S/c16-12(9-2-1-4-13-9)17-6-10-14-11(15-18-10)8-3-5-19-7-8/h1-5,7,13H,6H2. The molecule has 0 atom stereocenters. The van der Waals surface area contributed by atoms with Gasteiger partial charge in [0.1, 0.15) is 5.69 Å². The third-order valence-electron chi connectivity index (χ3n) is 2.39. The van der Waals surface area contributed by atoms with Gasteiger partial charge in [0.15, 0.2) is 6.61 Å². The van der Waals surface area contributed by atoms with Crippen LogP contribution in [0, 0.1) is 0 Å². The number of esters is 1. The number of carbonyl (C=O) groups excluding carboxylic acids is 1. The molecule has 0 spiro atoms. The molecule has 0 bridgehead atoms. The molecular formula is C12H9N3O3S. The molecule has 6 nitrogen and oxygen atoms in total.